The first kappa shape index (κ1) is 13.6. The minimum absolute atomic E-state index is 0.0891. The summed E-state index contributed by atoms with van der Waals surface area (Å²) in [7, 11) is 0. The highest BCUT2D eigenvalue weighted by molar-refractivity contribution is 9.11. The molecule has 0 saturated heterocycles. The molecular weight excluding hydrogens is 383 g/mol. The third-order valence-electron chi connectivity index (χ3n) is 2.56. The Morgan fingerprint density at radius 2 is 1.82 bits per heavy atom. The highest BCUT2D eigenvalue weighted by atomic mass is 79.9. The second-order valence-corrected chi connectivity index (χ2v) is 7.97. The van der Waals surface area contributed by atoms with Crippen LogP contribution in [0.3, 0.4) is 0 Å². The van der Waals surface area contributed by atoms with Crippen molar-refractivity contribution in [3.8, 4) is 0 Å². The average Bonchev–Trinajstić information content (AvgIpc) is 2.55. The van der Waals surface area contributed by atoms with Crippen molar-refractivity contribution in [3.63, 3.8) is 0 Å². The molecule has 2 rings (SSSR count). The molecule has 90 valence electrons. The van der Waals surface area contributed by atoms with Gasteiger partial charge in [-0.15, -0.1) is 22.9 Å². The molecule has 1 aromatic carbocycles. The first-order valence-corrected chi connectivity index (χ1v) is 7.98. The lowest BCUT2D eigenvalue weighted by atomic mass is 10.0. The zero-order valence-corrected chi connectivity index (χ0v) is 14.2. The lowest BCUT2D eigenvalue weighted by Gasteiger charge is -2.11. The minimum atomic E-state index is -0.0891. The van der Waals surface area contributed by atoms with Crippen LogP contribution in [0.1, 0.15) is 26.9 Å². The minimum Gasteiger partial charge on any atom is -0.133 e. The summed E-state index contributed by atoms with van der Waals surface area (Å²) in [6, 6.07) is 8.40. The molecule has 2 aromatic rings. The molecule has 0 aliphatic heterocycles. The Balaban J connectivity index is 2.43. The van der Waals surface area contributed by atoms with Gasteiger partial charge in [0, 0.05) is 9.35 Å². The number of thiophene rings is 1. The Bertz CT molecular complexity index is 528. The van der Waals surface area contributed by atoms with E-state index in [9.17, 15) is 0 Å². The molecule has 1 unspecified atom stereocenters. The van der Waals surface area contributed by atoms with Gasteiger partial charge in [-0.2, -0.15) is 0 Å². The summed E-state index contributed by atoms with van der Waals surface area (Å²) in [5.74, 6) is 0. The van der Waals surface area contributed by atoms with Crippen LogP contribution >= 0.6 is 54.8 Å². The molecule has 0 fully saturated rings. The van der Waals surface area contributed by atoms with Crippen LogP contribution < -0.4 is 0 Å². The van der Waals surface area contributed by atoms with Gasteiger partial charge in [0.2, 0.25) is 0 Å². The molecule has 0 nitrogen and oxygen atoms in total. The van der Waals surface area contributed by atoms with E-state index in [4.69, 9.17) is 11.6 Å². The molecule has 4 heteroatoms. The summed E-state index contributed by atoms with van der Waals surface area (Å²) in [6.07, 6.45) is 0. The summed E-state index contributed by atoms with van der Waals surface area (Å²) in [4.78, 5) is 1.26. The van der Waals surface area contributed by atoms with Crippen molar-refractivity contribution >= 4 is 54.8 Å². The maximum absolute atomic E-state index is 6.56. The van der Waals surface area contributed by atoms with Crippen LogP contribution in [0.5, 0.6) is 0 Å². The van der Waals surface area contributed by atoms with Gasteiger partial charge in [0.25, 0.3) is 0 Å². The van der Waals surface area contributed by atoms with E-state index in [-0.39, 0.29) is 5.38 Å². The van der Waals surface area contributed by atoms with Crippen molar-refractivity contribution < 1.29 is 0 Å². The Morgan fingerprint density at radius 1 is 1.12 bits per heavy atom. The van der Waals surface area contributed by atoms with Gasteiger partial charge in [-0.3, -0.25) is 0 Å². The molecule has 0 spiro atoms. The van der Waals surface area contributed by atoms with Crippen molar-refractivity contribution in [3.05, 3.63) is 54.1 Å². The van der Waals surface area contributed by atoms with Gasteiger partial charge >= 0.3 is 0 Å². The molecule has 0 aliphatic carbocycles. The number of rotatable bonds is 2. The molecule has 0 radical (unpaired) electrons. The van der Waals surface area contributed by atoms with Crippen LogP contribution in [-0.2, 0) is 0 Å². The van der Waals surface area contributed by atoms with E-state index in [0.717, 1.165) is 13.8 Å². The lowest BCUT2D eigenvalue weighted by Crippen LogP contribution is -1.94. The quantitative estimate of drug-likeness (QED) is 0.531. The van der Waals surface area contributed by atoms with E-state index >= 15 is 0 Å². The number of alkyl halides is 1. The number of benzene rings is 1. The summed E-state index contributed by atoms with van der Waals surface area (Å²) in [6.45, 7) is 4.18. The van der Waals surface area contributed by atoms with Crippen LogP contribution in [0.15, 0.2) is 32.5 Å². The first-order chi connectivity index (χ1) is 7.97. The van der Waals surface area contributed by atoms with E-state index in [0.29, 0.717) is 0 Å². The predicted molar refractivity (Wildman–Crippen MR) is 83.3 cm³/mol. The van der Waals surface area contributed by atoms with Gasteiger partial charge in [-0.1, -0.05) is 22.0 Å². The van der Waals surface area contributed by atoms with Gasteiger partial charge in [0.1, 0.15) is 0 Å². The maximum Gasteiger partial charge on any atom is 0.0846 e. The van der Waals surface area contributed by atoms with Crippen molar-refractivity contribution in [2.75, 3.05) is 0 Å². The molecule has 1 aromatic heterocycles. The monoisotopic (exact) mass is 392 g/mol. The highest BCUT2D eigenvalue weighted by Crippen LogP contribution is 2.38. The third-order valence-corrected chi connectivity index (χ3v) is 5.07. The Labute approximate surface area is 127 Å². The molecule has 1 atom stereocenters. The SMILES string of the molecule is Cc1cc(Br)cc(C(Cl)c2cc(Br)sc2C)c1. The summed E-state index contributed by atoms with van der Waals surface area (Å²) < 4.78 is 2.20. The largest absolute Gasteiger partial charge is 0.133 e. The number of aryl methyl sites for hydroxylation is 2. The Hall–Kier alpha value is 0.170. The zero-order chi connectivity index (χ0) is 12.6. The third kappa shape index (κ3) is 3.14. The zero-order valence-electron chi connectivity index (χ0n) is 9.43. The van der Waals surface area contributed by atoms with E-state index in [1.807, 2.05) is 0 Å². The Morgan fingerprint density at radius 3 is 2.35 bits per heavy atom. The first-order valence-electron chi connectivity index (χ1n) is 5.14. The van der Waals surface area contributed by atoms with Gasteiger partial charge in [-0.05, 0) is 64.7 Å². The molecule has 1 heterocycles. The van der Waals surface area contributed by atoms with Crippen molar-refractivity contribution in [1.82, 2.24) is 0 Å². The fraction of sp³-hybridized carbons (Fsp3) is 0.231. The topological polar surface area (TPSA) is 0 Å². The molecule has 17 heavy (non-hydrogen) atoms. The predicted octanol–water partition coefficient (Wildman–Crippen LogP) is 6.22. The number of hydrogen-bond donors (Lipinski definition) is 0. The van der Waals surface area contributed by atoms with Gasteiger partial charge < -0.3 is 0 Å². The fourth-order valence-corrected chi connectivity index (χ4v) is 4.59. The normalized spacial score (nSPS) is 12.8. The van der Waals surface area contributed by atoms with Gasteiger partial charge in [-0.25, -0.2) is 0 Å². The summed E-state index contributed by atoms with van der Waals surface area (Å²) in [5, 5.41) is -0.0891. The van der Waals surface area contributed by atoms with Crippen molar-refractivity contribution in [1.29, 1.82) is 0 Å². The number of hydrogen-bond acceptors (Lipinski definition) is 1. The van der Waals surface area contributed by atoms with Crippen LogP contribution in [0, 0.1) is 13.8 Å². The average molecular weight is 395 g/mol. The van der Waals surface area contributed by atoms with Crippen LogP contribution in [0.2, 0.25) is 0 Å². The second kappa shape index (κ2) is 5.43. The van der Waals surface area contributed by atoms with E-state index < -0.39 is 0 Å². The molecular formula is C13H11Br2ClS. The second-order valence-electron chi connectivity index (χ2n) is 3.99. The molecule has 0 saturated carbocycles. The van der Waals surface area contributed by atoms with E-state index in [2.05, 4.69) is 70.0 Å². The van der Waals surface area contributed by atoms with Crippen LogP contribution in [0.25, 0.3) is 0 Å². The molecule has 0 N–H and O–H groups in total. The molecule has 0 aliphatic rings. The highest BCUT2D eigenvalue weighted by Gasteiger charge is 2.16. The van der Waals surface area contributed by atoms with Gasteiger partial charge in [0.05, 0.1) is 9.16 Å². The maximum atomic E-state index is 6.56. The van der Waals surface area contributed by atoms with Crippen LogP contribution in [0.4, 0.5) is 0 Å². The summed E-state index contributed by atoms with van der Waals surface area (Å²) >= 11 is 15.3. The fourth-order valence-electron chi connectivity index (χ4n) is 1.80. The van der Waals surface area contributed by atoms with E-state index in [1.165, 1.54) is 16.0 Å². The standard InChI is InChI=1S/C13H11Br2ClS/c1-7-3-9(5-10(14)4-7)13(16)11-6-12(15)17-8(11)2/h3-6,13H,1-2H3. The van der Waals surface area contributed by atoms with E-state index in [1.54, 1.807) is 11.3 Å². The van der Waals surface area contributed by atoms with Gasteiger partial charge in [0.15, 0.2) is 0 Å². The molecule has 0 bridgehead atoms. The van der Waals surface area contributed by atoms with Crippen molar-refractivity contribution in [2.24, 2.45) is 0 Å². The summed E-state index contributed by atoms with van der Waals surface area (Å²) in [5.41, 5.74) is 3.53. The number of halogens is 3. The molecule has 0 amide bonds. The Kier molecular flexibility index (Phi) is 4.35. The lowest BCUT2D eigenvalue weighted by molar-refractivity contribution is 1.12. The smallest absolute Gasteiger partial charge is 0.0846 e. The van der Waals surface area contributed by atoms with Crippen LogP contribution in [-0.4, -0.2) is 0 Å². The van der Waals surface area contributed by atoms with Crippen molar-refractivity contribution in [2.45, 2.75) is 19.2 Å².